The lowest BCUT2D eigenvalue weighted by Gasteiger charge is -2.17. The third-order valence-electron chi connectivity index (χ3n) is 4.06. The zero-order valence-electron chi connectivity index (χ0n) is 11.6. The Morgan fingerprint density at radius 3 is 2.85 bits per heavy atom. The van der Waals surface area contributed by atoms with E-state index in [1.54, 1.807) is 0 Å². The SMILES string of the molecule is O=C(Cc1ccccc1Cl)N1CCC(OCC2CC2)C1. The van der Waals surface area contributed by atoms with Crippen LogP contribution in [0.3, 0.4) is 0 Å². The Bertz CT molecular complexity index is 487. The fraction of sp³-hybridized carbons (Fsp3) is 0.562. The average Bonchev–Trinajstić information content (AvgIpc) is 3.15. The number of benzene rings is 1. The molecule has 0 spiro atoms. The molecule has 1 aromatic rings. The van der Waals surface area contributed by atoms with Gasteiger partial charge in [0.1, 0.15) is 0 Å². The van der Waals surface area contributed by atoms with Gasteiger partial charge in [0.2, 0.25) is 5.91 Å². The van der Waals surface area contributed by atoms with Gasteiger partial charge in [-0.15, -0.1) is 0 Å². The lowest BCUT2D eigenvalue weighted by Crippen LogP contribution is -2.31. The quantitative estimate of drug-likeness (QED) is 0.835. The molecule has 1 amide bonds. The van der Waals surface area contributed by atoms with E-state index >= 15 is 0 Å². The van der Waals surface area contributed by atoms with Crippen molar-refractivity contribution in [3.05, 3.63) is 34.9 Å². The number of nitrogens with zero attached hydrogens (tertiary/aromatic N) is 1. The van der Waals surface area contributed by atoms with Gasteiger partial charge in [-0.1, -0.05) is 29.8 Å². The molecule has 1 heterocycles. The van der Waals surface area contributed by atoms with Gasteiger partial charge in [-0.05, 0) is 36.8 Å². The van der Waals surface area contributed by atoms with Gasteiger partial charge in [-0.25, -0.2) is 0 Å². The highest BCUT2D eigenvalue weighted by atomic mass is 35.5. The monoisotopic (exact) mass is 293 g/mol. The highest BCUT2D eigenvalue weighted by Gasteiger charge is 2.29. The second-order valence-electron chi connectivity index (χ2n) is 5.80. The molecular weight excluding hydrogens is 274 g/mol. The Labute approximate surface area is 124 Å². The first-order chi connectivity index (χ1) is 9.72. The molecule has 2 fully saturated rings. The van der Waals surface area contributed by atoms with E-state index in [-0.39, 0.29) is 12.0 Å². The van der Waals surface area contributed by atoms with E-state index in [9.17, 15) is 4.79 Å². The summed E-state index contributed by atoms with van der Waals surface area (Å²) in [5.74, 6) is 0.929. The van der Waals surface area contributed by atoms with Crippen LogP contribution >= 0.6 is 11.6 Å². The van der Waals surface area contributed by atoms with Crippen molar-refractivity contribution in [3.63, 3.8) is 0 Å². The van der Waals surface area contributed by atoms with Gasteiger partial charge in [0, 0.05) is 24.7 Å². The number of amides is 1. The minimum Gasteiger partial charge on any atom is -0.376 e. The maximum atomic E-state index is 12.3. The van der Waals surface area contributed by atoms with Crippen LogP contribution in [-0.4, -0.2) is 36.6 Å². The minimum atomic E-state index is 0.149. The Kier molecular flexibility index (Phi) is 4.27. The zero-order chi connectivity index (χ0) is 13.9. The van der Waals surface area contributed by atoms with E-state index in [2.05, 4.69) is 0 Å². The minimum absolute atomic E-state index is 0.149. The van der Waals surface area contributed by atoms with Crippen LogP contribution < -0.4 is 0 Å². The molecule has 1 saturated carbocycles. The molecule has 1 aromatic carbocycles. The molecule has 2 aliphatic rings. The number of hydrogen-bond donors (Lipinski definition) is 0. The molecule has 1 unspecified atom stereocenters. The van der Waals surface area contributed by atoms with Crippen molar-refractivity contribution in [1.29, 1.82) is 0 Å². The fourth-order valence-corrected chi connectivity index (χ4v) is 2.77. The second-order valence-corrected chi connectivity index (χ2v) is 6.20. The molecule has 20 heavy (non-hydrogen) atoms. The summed E-state index contributed by atoms with van der Waals surface area (Å²) in [7, 11) is 0. The van der Waals surface area contributed by atoms with E-state index in [1.807, 2.05) is 29.2 Å². The van der Waals surface area contributed by atoms with E-state index in [0.717, 1.165) is 37.6 Å². The van der Waals surface area contributed by atoms with E-state index in [4.69, 9.17) is 16.3 Å². The molecule has 0 radical (unpaired) electrons. The summed E-state index contributed by atoms with van der Waals surface area (Å²) in [6.45, 7) is 2.41. The van der Waals surface area contributed by atoms with E-state index in [0.29, 0.717) is 11.4 Å². The number of likely N-dealkylation sites (tertiary alicyclic amines) is 1. The van der Waals surface area contributed by atoms with Crippen LogP contribution in [0.1, 0.15) is 24.8 Å². The van der Waals surface area contributed by atoms with Gasteiger partial charge >= 0.3 is 0 Å². The third kappa shape index (κ3) is 3.53. The Hall–Kier alpha value is -1.06. The molecule has 1 aliphatic heterocycles. The summed E-state index contributed by atoms with van der Waals surface area (Å²) in [6.07, 6.45) is 4.19. The summed E-state index contributed by atoms with van der Waals surface area (Å²) in [4.78, 5) is 14.2. The maximum absolute atomic E-state index is 12.3. The predicted molar refractivity (Wildman–Crippen MR) is 78.8 cm³/mol. The first-order valence-electron chi connectivity index (χ1n) is 7.35. The molecule has 4 heteroatoms. The first kappa shape index (κ1) is 13.9. The molecule has 108 valence electrons. The largest absolute Gasteiger partial charge is 0.376 e. The first-order valence-corrected chi connectivity index (χ1v) is 7.73. The molecule has 0 N–H and O–H groups in total. The maximum Gasteiger partial charge on any atom is 0.227 e. The van der Waals surface area contributed by atoms with E-state index < -0.39 is 0 Å². The van der Waals surface area contributed by atoms with Crippen molar-refractivity contribution < 1.29 is 9.53 Å². The Balaban J connectivity index is 1.49. The molecular formula is C16H20ClNO2. The molecule has 0 bridgehead atoms. The van der Waals surface area contributed by atoms with Crippen molar-refractivity contribution in [2.24, 2.45) is 5.92 Å². The van der Waals surface area contributed by atoms with Crippen LogP contribution in [0.25, 0.3) is 0 Å². The smallest absolute Gasteiger partial charge is 0.227 e. The normalized spacial score (nSPS) is 22.2. The molecule has 3 nitrogen and oxygen atoms in total. The van der Waals surface area contributed by atoms with Gasteiger partial charge in [0.15, 0.2) is 0 Å². The van der Waals surface area contributed by atoms with Gasteiger partial charge in [0.25, 0.3) is 0 Å². The number of hydrogen-bond acceptors (Lipinski definition) is 2. The van der Waals surface area contributed by atoms with Crippen LogP contribution in [0, 0.1) is 5.92 Å². The highest BCUT2D eigenvalue weighted by Crippen LogP contribution is 2.30. The number of carbonyl (C=O) groups excluding carboxylic acids is 1. The standard InChI is InChI=1S/C16H20ClNO2/c17-15-4-2-1-3-13(15)9-16(19)18-8-7-14(10-18)20-11-12-5-6-12/h1-4,12,14H,5-11H2. The number of rotatable bonds is 5. The van der Waals surface area contributed by atoms with E-state index in [1.165, 1.54) is 12.8 Å². The molecule has 3 rings (SSSR count). The highest BCUT2D eigenvalue weighted by molar-refractivity contribution is 6.31. The van der Waals surface area contributed by atoms with Crippen LogP contribution in [0.5, 0.6) is 0 Å². The molecule has 1 atom stereocenters. The number of carbonyl (C=O) groups is 1. The van der Waals surface area contributed by atoms with Crippen LogP contribution in [0.4, 0.5) is 0 Å². The van der Waals surface area contributed by atoms with Crippen molar-refractivity contribution in [2.45, 2.75) is 31.8 Å². The molecule has 0 aromatic heterocycles. The Morgan fingerprint density at radius 1 is 1.30 bits per heavy atom. The summed E-state index contributed by atoms with van der Waals surface area (Å²) in [5.41, 5.74) is 0.904. The molecule has 1 aliphatic carbocycles. The lowest BCUT2D eigenvalue weighted by atomic mass is 10.1. The van der Waals surface area contributed by atoms with Gasteiger partial charge in [-0.2, -0.15) is 0 Å². The van der Waals surface area contributed by atoms with Gasteiger partial charge in [0.05, 0.1) is 12.5 Å². The van der Waals surface area contributed by atoms with Crippen LogP contribution in [0.2, 0.25) is 5.02 Å². The fourth-order valence-electron chi connectivity index (χ4n) is 2.56. The number of ether oxygens (including phenoxy) is 1. The topological polar surface area (TPSA) is 29.5 Å². The van der Waals surface area contributed by atoms with Crippen molar-refractivity contribution in [1.82, 2.24) is 4.90 Å². The average molecular weight is 294 g/mol. The van der Waals surface area contributed by atoms with Crippen molar-refractivity contribution in [3.8, 4) is 0 Å². The zero-order valence-corrected chi connectivity index (χ0v) is 12.3. The number of halogens is 1. The second kappa shape index (κ2) is 6.15. The molecule has 1 saturated heterocycles. The lowest BCUT2D eigenvalue weighted by molar-refractivity contribution is -0.130. The predicted octanol–water partition coefficient (Wildman–Crippen LogP) is 2.91. The summed E-state index contributed by atoms with van der Waals surface area (Å²) in [6, 6.07) is 7.54. The summed E-state index contributed by atoms with van der Waals surface area (Å²) in [5, 5.41) is 0.668. The third-order valence-corrected chi connectivity index (χ3v) is 4.43. The van der Waals surface area contributed by atoms with Crippen molar-refractivity contribution in [2.75, 3.05) is 19.7 Å². The van der Waals surface area contributed by atoms with Gasteiger partial charge < -0.3 is 9.64 Å². The van der Waals surface area contributed by atoms with Crippen LogP contribution in [-0.2, 0) is 16.0 Å². The van der Waals surface area contributed by atoms with Gasteiger partial charge in [-0.3, -0.25) is 4.79 Å². The van der Waals surface area contributed by atoms with Crippen LogP contribution in [0.15, 0.2) is 24.3 Å². The summed E-state index contributed by atoms with van der Waals surface area (Å²) >= 11 is 6.10. The summed E-state index contributed by atoms with van der Waals surface area (Å²) < 4.78 is 5.86. The van der Waals surface area contributed by atoms with Crippen molar-refractivity contribution >= 4 is 17.5 Å². The Morgan fingerprint density at radius 2 is 2.10 bits per heavy atom.